The minimum atomic E-state index is -3.95. The molecule has 5 N–H and O–H groups in total. The smallest absolute Gasteiger partial charge is 0.494 e. The molecule has 0 aliphatic carbocycles. The topological polar surface area (TPSA) is 166 Å². The normalized spacial score (nSPS) is 12.0. The summed E-state index contributed by atoms with van der Waals surface area (Å²) in [5, 5.41) is 17.3. The van der Waals surface area contributed by atoms with Gasteiger partial charge in [-0.15, -0.1) is 0 Å². The molecule has 33 heavy (non-hydrogen) atoms. The van der Waals surface area contributed by atoms with Gasteiger partial charge in [0.15, 0.2) is 0 Å². The van der Waals surface area contributed by atoms with Crippen LogP contribution in [0.2, 0.25) is 0 Å². The standard InChI is InChI=1S/C21H26N4O6S.Li/c22-21(23)24-31-13-4-12-30-18-9-7-17(8-10-18)15-19(20(26)27)25-32(28,29)14-11-16-5-2-1-3-6-16;/h1-3,5-11,14,19,25H,4,12-13,15H2,(H5,22,23,24,26,27);/q;+1/p-1/b14-11+;/t19-;/m0./s1. The van der Waals surface area contributed by atoms with Gasteiger partial charge in [0.2, 0.25) is 10.0 Å². The summed E-state index contributed by atoms with van der Waals surface area (Å²) in [6, 6.07) is 14.2. The summed E-state index contributed by atoms with van der Waals surface area (Å²) in [5.74, 6) is -1.12. The first kappa shape index (κ1) is 28.2. The number of benzene rings is 2. The van der Waals surface area contributed by atoms with Crippen LogP contribution in [0.4, 0.5) is 0 Å². The molecule has 0 aromatic heterocycles. The molecular formula is C21H25LiN4O6S. The van der Waals surface area contributed by atoms with Gasteiger partial charge in [-0.2, -0.15) is 4.72 Å². The van der Waals surface area contributed by atoms with Crippen molar-refractivity contribution in [2.75, 3.05) is 13.2 Å². The number of nitrogens with two attached hydrogens (primary N) is 1. The summed E-state index contributed by atoms with van der Waals surface area (Å²) in [5.41, 5.74) is 9.61. The van der Waals surface area contributed by atoms with Crippen LogP contribution >= 0.6 is 0 Å². The number of hydrogen-bond donors (Lipinski definition) is 4. The van der Waals surface area contributed by atoms with Crippen LogP contribution in [0, 0.1) is 5.41 Å². The van der Waals surface area contributed by atoms with Crippen molar-refractivity contribution in [3.05, 3.63) is 76.6 Å². The molecule has 0 spiro atoms. The fourth-order valence-electron chi connectivity index (χ4n) is 2.54. The van der Waals surface area contributed by atoms with E-state index in [1.807, 2.05) is 6.07 Å². The van der Waals surface area contributed by atoms with Crippen molar-refractivity contribution in [1.29, 1.82) is 5.41 Å². The van der Waals surface area contributed by atoms with Crippen LogP contribution in [0.1, 0.15) is 17.5 Å². The minimum absolute atomic E-state index is 0. The molecule has 0 saturated heterocycles. The summed E-state index contributed by atoms with van der Waals surface area (Å²) in [4.78, 5) is 16.4. The average Bonchev–Trinajstić information content (AvgIpc) is 2.76. The second kappa shape index (κ2) is 14.4. The van der Waals surface area contributed by atoms with E-state index >= 15 is 0 Å². The number of ether oxygens (including phenoxy) is 1. The van der Waals surface area contributed by atoms with Gasteiger partial charge in [0, 0.05) is 17.8 Å². The van der Waals surface area contributed by atoms with Crippen LogP contribution in [0.15, 0.2) is 60.0 Å². The van der Waals surface area contributed by atoms with Gasteiger partial charge in [0.05, 0.1) is 13.2 Å². The van der Waals surface area contributed by atoms with Crippen molar-refractivity contribution in [2.45, 2.75) is 18.9 Å². The van der Waals surface area contributed by atoms with E-state index in [1.54, 1.807) is 48.5 Å². The fourth-order valence-corrected chi connectivity index (χ4v) is 3.53. The summed E-state index contributed by atoms with van der Waals surface area (Å²) in [6.07, 6.45) is 1.89. The number of carboxylic acids is 1. The zero-order chi connectivity index (χ0) is 23.4. The van der Waals surface area contributed by atoms with Crippen molar-refractivity contribution in [2.24, 2.45) is 5.73 Å². The molecule has 0 heterocycles. The SMILES string of the molecule is N=C(N)[N-]OCCCOc1ccc(C[C@H](NS(=O)(=O)/C=C/c2ccccc2)C(=O)O)cc1.[Li+]. The molecule has 2 aromatic carbocycles. The van der Waals surface area contributed by atoms with Crippen molar-refractivity contribution in [1.82, 2.24) is 4.72 Å². The molecule has 12 heteroatoms. The Hall–Kier alpha value is -2.81. The Kier molecular flexibility index (Phi) is 12.3. The van der Waals surface area contributed by atoms with Crippen molar-refractivity contribution in [3.63, 3.8) is 0 Å². The van der Waals surface area contributed by atoms with Gasteiger partial charge in [-0.1, -0.05) is 42.5 Å². The number of rotatable bonds is 13. The molecule has 0 bridgehead atoms. The van der Waals surface area contributed by atoms with E-state index in [1.165, 1.54) is 6.08 Å². The molecule has 0 aliphatic heterocycles. The molecule has 10 nitrogen and oxygen atoms in total. The largest absolute Gasteiger partial charge is 1.00 e. The number of carbonyl (C=O) groups is 1. The first-order chi connectivity index (χ1) is 15.2. The molecular weight excluding hydrogens is 443 g/mol. The molecule has 2 rings (SSSR count). The summed E-state index contributed by atoms with van der Waals surface area (Å²) >= 11 is 0. The number of hydrogen-bond acceptors (Lipinski definition) is 6. The summed E-state index contributed by atoms with van der Waals surface area (Å²) in [7, 11) is -3.95. The zero-order valence-corrected chi connectivity index (χ0v) is 19.0. The van der Waals surface area contributed by atoms with Crippen molar-refractivity contribution >= 4 is 28.0 Å². The van der Waals surface area contributed by atoms with Crippen LogP contribution in [0.3, 0.4) is 0 Å². The second-order valence-corrected chi connectivity index (χ2v) is 8.22. The monoisotopic (exact) mass is 468 g/mol. The summed E-state index contributed by atoms with van der Waals surface area (Å²) in [6.45, 7) is 0.592. The predicted octanol–water partition coefficient (Wildman–Crippen LogP) is -0.756. The van der Waals surface area contributed by atoms with E-state index in [0.717, 1.165) is 5.41 Å². The number of aliphatic carboxylic acids is 1. The maximum Gasteiger partial charge on any atom is 1.00 e. The van der Waals surface area contributed by atoms with Crippen LogP contribution in [0.25, 0.3) is 11.6 Å². The molecule has 2 aromatic rings. The van der Waals surface area contributed by atoms with Gasteiger partial charge < -0.3 is 25.8 Å². The number of nitrogens with one attached hydrogen (secondary N) is 2. The fraction of sp³-hybridized carbons (Fsp3) is 0.238. The molecule has 0 unspecified atom stereocenters. The Morgan fingerprint density at radius 2 is 1.82 bits per heavy atom. The number of nitrogens with zero attached hydrogens (tertiary/aromatic N) is 1. The van der Waals surface area contributed by atoms with E-state index < -0.39 is 28.0 Å². The van der Waals surface area contributed by atoms with Crippen LogP contribution in [-0.2, 0) is 26.1 Å². The molecule has 0 amide bonds. The molecule has 0 radical (unpaired) electrons. The first-order valence-electron chi connectivity index (χ1n) is 9.62. The van der Waals surface area contributed by atoms with Gasteiger partial charge in [0.25, 0.3) is 0 Å². The number of carboxylic acid groups (broad SMARTS) is 1. The third-order valence-electron chi connectivity index (χ3n) is 4.02. The Labute approximate surface area is 204 Å². The number of guanidine groups is 1. The maximum absolute atomic E-state index is 12.3. The van der Waals surface area contributed by atoms with E-state index in [4.69, 9.17) is 20.7 Å². The average molecular weight is 468 g/mol. The van der Waals surface area contributed by atoms with E-state index in [9.17, 15) is 18.3 Å². The molecule has 0 fully saturated rings. The van der Waals surface area contributed by atoms with Crippen molar-refractivity contribution in [3.8, 4) is 5.75 Å². The number of sulfonamides is 1. The van der Waals surface area contributed by atoms with Crippen LogP contribution < -0.4 is 34.1 Å². The molecule has 1 atom stereocenters. The summed E-state index contributed by atoms with van der Waals surface area (Å²) < 4.78 is 32.3. The molecule has 0 saturated carbocycles. The quantitative estimate of drug-likeness (QED) is 0.0986. The Bertz CT molecular complexity index is 1020. The van der Waals surface area contributed by atoms with Crippen LogP contribution in [-0.4, -0.2) is 44.7 Å². The number of hydroxylamine groups is 1. The van der Waals surface area contributed by atoms with Gasteiger partial charge in [-0.25, -0.2) is 8.42 Å². The van der Waals surface area contributed by atoms with Gasteiger partial charge in [0.1, 0.15) is 11.8 Å². The maximum atomic E-state index is 12.3. The molecule has 0 aliphatic rings. The van der Waals surface area contributed by atoms with Crippen molar-refractivity contribution < 1.29 is 46.8 Å². The Morgan fingerprint density at radius 3 is 2.42 bits per heavy atom. The Morgan fingerprint density at radius 1 is 1.15 bits per heavy atom. The zero-order valence-electron chi connectivity index (χ0n) is 18.2. The van der Waals surface area contributed by atoms with E-state index in [-0.39, 0.29) is 31.9 Å². The predicted molar refractivity (Wildman–Crippen MR) is 120 cm³/mol. The minimum Gasteiger partial charge on any atom is -0.494 e. The van der Waals surface area contributed by atoms with Gasteiger partial charge >= 0.3 is 24.8 Å². The second-order valence-electron chi connectivity index (χ2n) is 6.63. The third-order valence-corrected chi connectivity index (χ3v) is 5.13. The Balaban J connectivity index is 0.00000544. The first-order valence-corrected chi connectivity index (χ1v) is 11.2. The van der Waals surface area contributed by atoms with Gasteiger partial charge in [-0.05, 0) is 35.8 Å². The van der Waals surface area contributed by atoms with E-state index in [0.29, 0.717) is 29.9 Å². The third kappa shape index (κ3) is 11.6. The van der Waals surface area contributed by atoms with E-state index in [2.05, 4.69) is 10.2 Å². The van der Waals surface area contributed by atoms with Crippen LogP contribution in [0.5, 0.6) is 5.75 Å². The van der Waals surface area contributed by atoms with Gasteiger partial charge in [-0.3, -0.25) is 10.3 Å². The molecule has 172 valence electrons.